The second kappa shape index (κ2) is 11.3. The average Bonchev–Trinajstić information content (AvgIpc) is 2.64. The maximum atomic E-state index is 12.4. The van der Waals surface area contributed by atoms with E-state index >= 15 is 0 Å². The van der Waals surface area contributed by atoms with Crippen LogP contribution in [0.1, 0.15) is 18.9 Å². The number of H-pyrrole nitrogens is 1. The Labute approximate surface area is 168 Å². The van der Waals surface area contributed by atoms with E-state index in [1.54, 1.807) is 7.11 Å². The fourth-order valence-electron chi connectivity index (χ4n) is 2.44. The van der Waals surface area contributed by atoms with Crippen LogP contribution in [-0.4, -0.2) is 41.8 Å². The van der Waals surface area contributed by atoms with Crippen molar-refractivity contribution in [1.82, 2.24) is 9.55 Å². The summed E-state index contributed by atoms with van der Waals surface area (Å²) < 4.78 is 6.29. The van der Waals surface area contributed by atoms with Crippen LogP contribution < -0.4 is 27.6 Å². The SMILES string of the molecule is COCCCNc1c(NC(=O)[C@H](C)N)n(Cc2ccccc2)c(=O)[nH]c1=O.Cl. The van der Waals surface area contributed by atoms with Crippen molar-refractivity contribution >= 4 is 29.8 Å². The first-order valence-corrected chi connectivity index (χ1v) is 8.64. The quantitative estimate of drug-likeness (QED) is 0.450. The number of nitrogens with one attached hydrogen (secondary N) is 3. The number of nitrogens with two attached hydrogens (primary N) is 1. The summed E-state index contributed by atoms with van der Waals surface area (Å²) in [6.07, 6.45) is 0.647. The standard InChI is InChI=1S/C18H25N5O4.ClH/c1-12(19)16(24)21-15-14(20-9-6-10-27-2)17(25)22-18(26)23(15)11-13-7-4-3-5-8-13;/h3-5,7-8,12,20H,6,9-11,19H2,1-2H3,(H,21,24)(H,22,25,26);1H/t12-;/m0./s1. The van der Waals surface area contributed by atoms with Gasteiger partial charge in [0.2, 0.25) is 5.91 Å². The zero-order valence-electron chi connectivity index (χ0n) is 15.9. The number of carbonyl (C=O) groups excluding carboxylic acids is 1. The summed E-state index contributed by atoms with van der Waals surface area (Å²) in [7, 11) is 1.58. The zero-order valence-corrected chi connectivity index (χ0v) is 16.7. The number of ether oxygens (including phenoxy) is 1. The molecule has 1 amide bonds. The second-order valence-corrected chi connectivity index (χ2v) is 6.11. The number of aromatic amines is 1. The Bertz CT molecular complexity index is 880. The molecular formula is C18H26ClN5O4. The van der Waals surface area contributed by atoms with Crippen molar-refractivity contribution in [3.05, 3.63) is 56.7 Å². The molecule has 10 heteroatoms. The van der Waals surface area contributed by atoms with Crippen LogP contribution in [0.15, 0.2) is 39.9 Å². The van der Waals surface area contributed by atoms with Gasteiger partial charge in [0.1, 0.15) is 11.5 Å². The molecule has 1 aromatic carbocycles. The van der Waals surface area contributed by atoms with Crippen LogP contribution in [0.3, 0.4) is 0 Å². The molecule has 0 saturated heterocycles. The molecule has 0 aliphatic carbocycles. The number of anilines is 2. The van der Waals surface area contributed by atoms with Crippen molar-refractivity contribution in [3.8, 4) is 0 Å². The Morgan fingerprint density at radius 1 is 1.29 bits per heavy atom. The average molecular weight is 412 g/mol. The minimum absolute atomic E-state index is 0. The van der Waals surface area contributed by atoms with Gasteiger partial charge in [-0.15, -0.1) is 12.4 Å². The Balaban J connectivity index is 0.00000392. The van der Waals surface area contributed by atoms with E-state index in [1.807, 2.05) is 30.3 Å². The molecule has 0 aliphatic rings. The molecule has 0 saturated carbocycles. The molecule has 1 heterocycles. The summed E-state index contributed by atoms with van der Waals surface area (Å²) in [5.74, 6) is -0.408. The van der Waals surface area contributed by atoms with Gasteiger partial charge in [0.15, 0.2) is 0 Å². The van der Waals surface area contributed by atoms with Crippen molar-refractivity contribution in [2.45, 2.75) is 25.9 Å². The third-order valence-electron chi connectivity index (χ3n) is 3.87. The summed E-state index contributed by atoms with van der Waals surface area (Å²) in [5, 5.41) is 5.58. The number of hydrogen-bond donors (Lipinski definition) is 4. The first kappa shape index (κ1) is 23.4. The molecule has 0 bridgehead atoms. The predicted octanol–water partition coefficient (Wildman–Crippen LogP) is 0.741. The molecule has 1 aromatic heterocycles. The van der Waals surface area contributed by atoms with Crippen molar-refractivity contribution < 1.29 is 9.53 Å². The highest BCUT2D eigenvalue weighted by Crippen LogP contribution is 2.17. The van der Waals surface area contributed by atoms with Crippen molar-refractivity contribution in [3.63, 3.8) is 0 Å². The van der Waals surface area contributed by atoms with Gasteiger partial charge in [-0.1, -0.05) is 30.3 Å². The van der Waals surface area contributed by atoms with Crippen molar-refractivity contribution in [2.75, 3.05) is 30.9 Å². The Hall–Kier alpha value is -2.62. The fraction of sp³-hybridized carbons (Fsp3) is 0.389. The van der Waals surface area contributed by atoms with Gasteiger partial charge >= 0.3 is 5.69 Å². The topological polar surface area (TPSA) is 131 Å². The first-order chi connectivity index (χ1) is 12.9. The van der Waals surface area contributed by atoms with Crippen molar-refractivity contribution in [2.24, 2.45) is 5.73 Å². The number of amides is 1. The summed E-state index contributed by atoms with van der Waals surface area (Å²) in [6, 6.07) is 8.44. The number of benzene rings is 1. The second-order valence-electron chi connectivity index (χ2n) is 6.11. The van der Waals surface area contributed by atoms with Crippen LogP contribution in [-0.2, 0) is 16.1 Å². The van der Waals surface area contributed by atoms with Crippen LogP contribution >= 0.6 is 12.4 Å². The molecule has 5 N–H and O–H groups in total. The molecule has 2 rings (SSSR count). The fourth-order valence-corrected chi connectivity index (χ4v) is 2.44. The maximum absolute atomic E-state index is 12.4. The Kier molecular flexibility index (Phi) is 9.43. The van der Waals surface area contributed by atoms with E-state index in [0.717, 1.165) is 5.56 Å². The molecule has 1 atom stereocenters. The van der Waals surface area contributed by atoms with E-state index in [1.165, 1.54) is 11.5 Å². The molecule has 0 fully saturated rings. The van der Waals surface area contributed by atoms with Gasteiger partial charge in [0.05, 0.1) is 12.6 Å². The van der Waals surface area contributed by atoms with Crippen LogP contribution in [0.5, 0.6) is 0 Å². The molecule has 154 valence electrons. The third kappa shape index (κ3) is 6.22. The summed E-state index contributed by atoms with van der Waals surface area (Å²) in [5.41, 5.74) is 5.35. The predicted molar refractivity (Wildman–Crippen MR) is 111 cm³/mol. The minimum Gasteiger partial charge on any atom is -0.385 e. The van der Waals surface area contributed by atoms with Gasteiger partial charge in [0.25, 0.3) is 5.56 Å². The van der Waals surface area contributed by atoms with Gasteiger partial charge in [0, 0.05) is 20.3 Å². The number of halogens is 1. The lowest BCUT2D eigenvalue weighted by molar-refractivity contribution is -0.117. The third-order valence-corrected chi connectivity index (χ3v) is 3.87. The van der Waals surface area contributed by atoms with Gasteiger partial charge in [-0.05, 0) is 18.9 Å². The molecule has 9 nitrogen and oxygen atoms in total. The van der Waals surface area contributed by atoms with Gasteiger partial charge in [-0.3, -0.25) is 19.1 Å². The van der Waals surface area contributed by atoms with Gasteiger partial charge < -0.3 is 21.1 Å². The van der Waals surface area contributed by atoms with Crippen LogP contribution in [0, 0.1) is 0 Å². The van der Waals surface area contributed by atoms with E-state index < -0.39 is 23.2 Å². The molecule has 0 radical (unpaired) electrons. The van der Waals surface area contributed by atoms with E-state index in [9.17, 15) is 14.4 Å². The summed E-state index contributed by atoms with van der Waals surface area (Å²) >= 11 is 0. The monoisotopic (exact) mass is 411 g/mol. The molecule has 0 spiro atoms. The molecule has 0 aliphatic heterocycles. The summed E-state index contributed by atoms with van der Waals surface area (Å²) in [6.45, 7) is 2.64. The molecule has 2 aromatic rings. The van der Waals surface area contributed by atoms with E-state index in [0.29, 0.717) is 19.6 Å². The van der Waals surface area contributed by atoms with E-state index in [-0.39, 0.29) is 30.5 Å². The summed E-state index contributed by atoms with van der Waals surface area (Å²) in [4.78, 5) is 39.2. The Morgan fingerprint density at radius 3 is 2.57 bits per heavy atom. The minimum atomic E-state index is -0.800. The van der Waals surface area contributed by atoms with E-state index in [2.05, 4.69) is 15.6 Å². The highest BCUT2D eigenvalue weighted by atomic mass is 35.5. The number of carbonyl (C=O) groups is 1. The molecular weight excluding hydrogens is 386 g/mol. The molecule has 28 heavy (non-hydrogen) atoms. The number of nitrogens with zero attached hydrogens (tertiary/aromatic N) is 1. The lowest BCUT2D eigenvalue weighted by Gasteiger charge is -2.18. The molecule has 0 unspecified atom stereocenters. The number of aromatic nitrogens is 2. The lowest BCUT2D eigenvalue weighted by Crippen LogP contribution is -2.39. The highest BCUT2D eigenvalue weighted by molar-refractivity contribution is 5.96. The Morgan fingerprint density at radius 2 is 1.96 bits per heavy atom. The first-order valence-electron chi connectivity index (χ1n) is 8.64. The number of rotatable bonds is 9. The van der Waals surface area contributed by atoms with Crippen LogP contribution in [0.4, 0.5) is 11.5 Å². The van der Waals surface area contributed by atoms with Crippen LogP contribution in [0.2, 0.25) is 0 Å². The lowest BCUT2D eigenvalue weighted by atomic mass is 10.2. The maximum Gasteiger partial charge on any atom is 0.330 e. The van der Waals surface area contributed by atoms with Crippen LogP contribution in [0.25, 0.3) is 0 Å². The van der Waals surface area contributed by atoms with Gasteiger partial charge in [-0.25, -0.2) is 4.79 Å². The van der Waals surface area contributed by atoms with E-state index in [4.69, 9.17) is 10.5 Å². The number of methoxy groups -OCH3 is 1. The normalized spacial score (nSPS) is 11.4. The van der Waals surface area contributed by atoms with Crippen molar-refractivity contribution in [1.29, 1.82) is 0 Å². The smallest absolute Gasteiger partial charge is 0.330 e. The zero-order chi connectivity index (χ0) is 19.8. The number of hydrogen-bond acceptors (Lipinski definition) is 6. The highest BCUT2D eigenvalue weighted by Gasteiger charge is 2.19. The van der Waals surface area contributed by atoms with Gasteiger partial charge in [-0.2, -0.15) is 0 Å². The largest absolute Gasteiger partial charge is 0.385 e.